The van der Waals surface area contributed by atoms with Gasteiger partial charge in [-0.2, -0.15) is 0 Å². The highest BCUT2D eigenvalue weighted by molar-refractivity contribution is 9.10. The minimum absolute atomic E-state index is 0.165. The summed E-state index contributed by atoms with van der Waals surface area (Å²) in [5.41, 5.74) is 2.53. The Morgan fingerprint density at radius 3 is 2.19 bits per heavy atom. The maximum absolute atomic E-state index is 13.1. The summed E-state index contributed by atoms with van der Waals surface area (Å²) in [7, 11) is 0. The summed E-state index contributed by atoms with van der Waals surface area (Å²) in [5.74, 6) is 0.125. The second kappa shape index (κ2) is 10.5. The van der Waals surface area contributed by atoms with Gasteiger partial charge in [-0.3, -0.25) is 9.59 Å². The highest BCUT2D eigenvalue weighted by Crippen LogP contribution is 2.26. The first-order valence-corrected chi connectivity index (χ1v) is 11.3. The predicted octanol–water partition coefficient (Wildman–Crippen LogP) is 5.43. The van der Waals surface area contributed by atoms with E-state index in [-0.39, 0.29) is 25.0 Å². The quantitative estimate of drug-likeness (QED) is 0.541. The third-order valence-electron chi connectivity index (χ3n) is 4.70. The fourth-order valence-corrected chi connectivity index (χ4v) is 3.42. The van der Waals surface area contributed by atoms with E-state index in [0.717, 1.165) is 21.2 Å². The molecule has 0 aliphatic rings. The molecular weight excluding hydrogens is 480 g/mol. The molecule has 2 amide bonds. The number of halogens is 2. The molecule has 0 saturated carbocycles. The van der Waals surface area contributed by atoms with Crippen molar-refractivity contribution in [3.63, 3.8) is 0 Å². The van der Waals surface area contributed by atoms with E-state index in [4.69, 9.17) is 16.3 Å². The minimum Gasteiger partial charge on any atom is -0.484 e. The second-order valence-corrected chi connectivity index (χ2v) is 9.95. The van der Waals surface area contributed by atoms with Gasteiger partial charge in [-0.15, -0.1) is 0 Å². The lowest BCUT2D eigenvalue weighted by molar-refractivity contribution is -0.142. The molecule has 7 heteroatoms. The van der Waals surface area contributed by atoms with Crippen LogP contribution in [0.25, 0.3) is 0 Å². The zero-order chi connectivity index (χ0) is 23.3. The number of hydrogen-bond acceptors (Lipinski definition) is 3. The van der Waals surface area contributed by atoms with Crippen molar-refractivity contribution in [2.24, 2.45) is 0 Å². The number of rotatable bonds is 7. The average Bonchev–Trinajstić information content (AvgIpc) is 2.67. The van der Waals surface area contributed by atoms with Crippen molar-refractivity contribution in [3.05, 3.63) is 62.6 Å². The van der Waals surface area contributed by atoms with Gasteiger partial charge in [-0.25, -0.2) is 0 Å². The van der Waals surface area contributed by atoms with E-state index in [1.54, 1.807) is 19.1 Å². The summed E-state index contributed by atoms with van der Waals surface area (Å²) in [4.78, 5) is 27.4. The molecule has 0 aromatic heterocycles. The van der Waals surface area contributed by atoms with Crippen LogP contribution < -0.4 is 10.1 Å². The van der Waals surface area contributed by atoms with Crippen LogP contribution in [-0.2, 0) is 16.1 Å². The van der Waals surface area contributed by atoms with Gasteiger partial charge >= 0.3 is 0 Å². The fraction of sp³-hybridized carbons (Fsp3) is 0.417. The Balaban J connectivity index is 2.20. The van der Waals surface area contributed by atoms with Crippen molar-refractivity contribution < 1.29 is 14.3 Å². The molecule has 0 aliphatic carbocycles. The monoisotopic (exact) mass is 508 g/mol. The first-order chi connectivity index (χ1) is 14.4. The lowest BCUT2D eigenvalue weighted by atomic mass is 10.1. The lowest BCUT2D eigenvalue weighted by Crippen LogP contribution is -2.53. The largest absolute Gasteiger partial charge is 0.484 e. The van der Waals surface area contributed by atoms with E-state index in [0.29, 0.717) is 10.8 Å². The van der Waals surface area contributed by atoms with Crippen molar-refractivity contribution in [2.45, 2.75) is 59.7 Å². The van der Waals surface area contributed by atoms with Gasteiger partial charge in [-0.1, -0.05) is 39.7 Å². The molecule has 0 heterocycles. The fourth-order valence-electron chi connectivity index (χ4n) is 3.06. The Labute approximate surface area is 198 Å². The number of nitrogens with one attached hydrogen (secondary N) is 1. The van der Waals surface area contributed by atoms with Crippen LogP contribution in [0.4, 0.5) is 0 Å². The number of hydrogen-bond donors (Lipinski definition) is 1. The number of carbonyl (C=O) groups is 2. The van der Waals surface area contributed by atoms with Crippen LogP contribution in [0.3, 0.4) is 0 Å². The SMILES string of the molecule is Cc1cc(OCC(=O)N(Cc2ccc(Cl)cc2)C(C)C(=O)NC(C)(C)C)cc(C)c1Br. The van der Waals surface area contributed by atoms with Gasteiger partial charge in [0.1, 0.15) is 11.8 Å². The molecule has 1 unspecified atom stereocenters. The Kier molecular flexibility index (Phi) is 8.55. The summed E-state index contributed by atoms with van der Waals surface area (Å²) < 4.78 is 6.80. The first kappa shape index (κ1) is 25.2. The summed E-state index contributed by atoms with van der Waals surface area (Å²) in [6.45, 7) is 11.5. The van der Waals surface area contributed by atoms with Crippen LogP contribution in [0.1, 0.15) is 44.4 Å². The molecule has 0 bridgehead atoms. The second-order valence-electron chi connectivity index (χ2n) is 8.72. The molecule has 168 valence electrons. The topological polar surface area (TPSA) is 58.6 Å². The molecule has 0 aliphatic heterocycles. The van der Waals surface area contributed by atoms with E-state index < -0.39 is 11.6 Å². The smallest absolute Gasteiger partial charge is 0.261 e. The van der Waals surface area contributed by atoms with Crippen molar-refractivity contribution in [3.8, 4) is 5.75 Å². The van der Waals surface area contributed by atoms with Crippen molar-refractivity contribution >= 4 is 39.3 Å². The van der Waals surface area contributed by atoms with E-state index in [2.05, 4.69) is 21.2 Å². The Morgan fingerprint density at radius 1 is 1.13 bits per heavy atom. The van der Waals surface area contributed by atoms with Crippen LogP contribution in [-0.4, -0.2) is 34.9 Å². The van der Waals surface area contributed by atoms with E-state index in [1.165, 1.54) is 4.90 Å². The molecule has 31 heavy (non-hydrogen) atoms. The number of carbonyl (C=O) groups excluding carboxylic acids is 2. The van der Waals surface area contributed by atoms with Crippen LogP contribution in [0.15, 0.2) is 40.9 Å². The first-order valence-electron chi connectivity index (χ1n) is 10.1. The van der Waals surface area contributed by atoms with E-state index in [1.807, 2.05) is 58.9 Å². The summed E-state index contributed by atoms with van der Waals surface area (Å²) in [6, 6.07) is 10.3. The highest BCUT2D eigenvalue weighted by Gasteiger charge is 2.28. The minimum atomic E-state index is -0.667. The maximum atomic E-state index is 13.1. The number of aryl methyl sites for hydroxylation is 2. The molecule has 0 saturated heterocycles. The lowest BCUT2D eigenvalue weighted by Gasteiger charge is -2.31. The van der Waals surface area contributed by atoms with Gasteiger partial charge in [0.05, 0.1) is 0 Å². The predicted molar refractivity (Wildman–Crippen MR) is 128 cm³/mol. The normalized spacial score (nSPS) is 12.3. The Morgan fingerprint density at radius 2 is 1.68 bits per heavy atom. The zero-order valence-corrected chi connectivity index (χ0v) is 21.2. The zero-order valence-electron chi connectivity index (χ0n) is 18.9. The van der Waals surface area contributed by atoms with Crippen LogP contribution in [0.5, 0.6) is 5.75 Å². The van der Waals surface area contributed by atoms with Crippen LogP contribution >= 0.6 is 27.5 Å². The van der Waals surface area contributed by atoms with Gasteiger partial charge in [0.2, 0.25) is 5.91 Å². The highest BCUT2D eigenvalue weighted by atomic mass is 79.9. The van der Waals surface area contributed by atoms with E-state index >= 15 is 0 Å². The molecular formula is C24H30BrClN2O3. The van der Waals surface area contributed by atoms with Crippen molar-refractivity contribution in [2.75, 3.05) is 6.61 Å². The molecule has 5 nitrogen and oxygen atoms in total. The maximum Gasteiger partial charge on any atom is 0.261 e. The standard InChI is InChI=1S/C24H30BrClN2O3/c1-15-11-20(12-16(2)22(15)25)31-14-21(29)28(13-18-7-9-19(26)10-8-18)17(3)23(30)27-24(4,5)6/h7-12,17H,13-14H2,1-6H3,(H,27,30). The van der Waals surface area contributed by atoms with E-state index in [9.17, 15) is 9.59 Å². The Bertz CT molecular complexity index is 916. The van der Waals surface area contributed by atoms with Gasteiger partial charge < -0.3 is 15.0 Å². The molecule has 0 fully saturated rings. The number of amides is 2. The van der Waals surface area contributed by atoms with Crippen LogP contribution in [0, 0.1) is 13.8 Å². The Hall–Kier alpha value is -2.05. The van der Waals surface area contributed by atoms with Crippen LogP contribution in [0.2, 0.25) is 5.02 Å². The van der Waals surface area contributed by atoms with Gasteiger partial charge in [-0.05, 0) is 82.5 Å². The van der Waals surface area contributed by atoms with Gasteiger partial charge in [0.25, 0.3) is 5.91 Å². The molecule has 0 spiro atoms. The molecule has 2 rings (SSSR count). The van der Waals surface area contributed by atoms with Gasteiger partial charge in [0.15, 0.2) is 6.61 Å². The number of nitrogens with zero attached hydrogens (tertiary/aromatic N) is 1. The molecule has 1 atom stereocenters. The number of benzene rings is 2. The molecule has 2 aromatic rings. The molecule has 0 radical (unpaired) electrons. The number of ether oxygens (including phenoxy) is 1. The summed E-state index contributed by atoms with van der Waals surface area (Å²) in [5, 5.41) is 3.56. The van der Waals surface area contributed by atoms with Crippen molar-refractivity contribution in [1.29, 1.82) is 0 Å². The summed E-state index contributed by atoms with van der Waals surface area (Å²) >= 11 is 9.52. The third kappa shape index (κ3) is 7.54. The molecule has 1 N–H and O–H groups in total. The van der Waals surface area contributed by atoms with Crippen molar-refractivity contribution in [1.82, 2.24) is 10.2 Å². The average molecular weight is 510 g/mol. The summed E-state index contributed by atoms with van der Waals surface area (Å²) in [6.07, 6.45) is 0. The molecule has 2 aromatic carbocycles. The van der Waals surface area contributed by atoms with Gasteiger partial charge in [0, 0.05) is 21.6 Å². The third-order valence-corrected chi connectivity index (χ3v) is 6.21.